The molecule has 1 saturated heterocycles. The van der Waals surface area contributed by atoms with Crippen LogP contribution in [-0.4, -0.2) is 44.2 Å². The van der Waals surface area contributed by atoms with Crippen molar-refractivity contribution in [3.8, 4) is 11.5 Å². The SMILES string of the molecule is COc1cccc(N(C(=O)c2cccc(Cl)c2)C2CCN(Cc3ccccc3OC)CC2)c1. The standard InChI is InChI=1S/C27H29ClN2O3/c1-32-25-11-6-10-24(18-25)30(27(31)20-8-5-9-22(28)17-20)23-13-15-29(16-14-23)19-21-7-3-4-12-26(21)33-2/h3-12,17-18,23H,13-16,19H2,1-2H3. The fourth-order valence-corrected chi connectivity index (χ4v) is 4.62. The highest BCUT2D eigenvalue weighted by atomic mass is 35.5. The van der Waals surface area contributed by atoms with Gasteiger partial charge in [0.1, 0.15) is 11.5 Å². The molecule has 1 aliphatic heterocycles. The Morgan fingerprint density at radius 1 is 0.970 bits per heavy atom. The molecule has 0 aliphatic carbocycles. The molecule has 172 valence electrons. The number of rotatable bonds is 7. The lowest BCUT2D eigenvalue weighted by Crippen LogP contribution is -2.47. The summed E-state index contributed by atoms with van der Waals surface area (Å²) in [4.78, 5) is 18.0. The van der Waals surface area contributed by atoms with Crippen LogP contribution in [0, 0.1) is 0 Å². The molecule has 1 heterocycles. The molecule has 0 spiro atoms. The minimum Gasteiger partial charge on any atom is -0.497 e. The van der Waals surface area contributed by atoms with Crippen molar-refractivity contribution < 1.29 is 14.3 Å². The fraction of sp³-hybridized carbons (Fsp3) is 0.296. The number of amides is 1. The van der Waals surface area contributed by atoms with Crippen molar-refractivity contribution in [1.29, 1.82) is 0 Å². The van der Waals surface area contributed by atoms with Gasteiger partial charge in [-0.15, -0.1) is 0 Å². The van der Waals surface area contributed by atoms with Gasteiger partial charge in [-0.1, -0.05) is 41.9 Å². The number of halogens is 1. The van der Waals surface area contributed by atoms with Crippen LogP contribution in [0.15, 0.2) is 72.8 Å². The molecule has 0 saturated carbocycles. The second-order valence-corrected chi connectivity index (χ2v) is 8.64. The zero-order valence-electron chi connectivity index (χ0n) is 19.0. The molecule has 1 amide bonds. The Morgan fingerprint density at radius 3 is 2.45 bits per heavy atom. The summed E-state index contributed by atoms with van der Waals surface area (Å²) in [6.45, 7) is 2.62. The zero-order chi connectivity index (χ0) is 23.2. The Morgan fingerprint density at radius 2 is 1.73 bits per heavy atom. The molecule has 1 fully saturated rings. The van der Waals surface area contributed by atoms with E-state index in [-0.39, 0.29) is 11.9 Å². The van der Waals surface area contributed by atoms with Gasteiger partial charge in [-0.25, -0.2) is 0 Å². The summed E-state index contributed by atoms with van der Waals surface area (Å²) in [7, 11) is 3.34. The van der Waals surface area contributed by atoms with E-state index in [1.165, 1.54) is 5.56 Å². The Balaban J connectivity index is 1.54. The van der Waals surface area contributed by atoms with Gasteiger partial charge < -0.3 is 14.4 Å². The minimum atomic E-state index is -0.0473. The largest absolute Gasteiger partial charge is 0.497 e. The Labute approximate surface area is 200 Å². The minimum absolute atomic E-state index is 0.0473. The summed E-state index contributed by atoms with van der Waals surface area (Å²) in [5.41, 5.74) is 2.60. The van der Waals surface area contributed by atoms with Gasteiger partial charge in [0.2, 0.25) is 0 Å². The van der Waals surface area contributed by atoms with E-state index < -0.39 is 0 Å². The maximum absolute atomic E-state index is 13.6. The Hall–Kier alpha value is -3.02. The van der Waals surface area contributed by atoms with E-state index in [0.29, 0.717) is 10.6 Å². The highest BCUT2D eigenvalue weighted by Gasteiger charge is 2.30. The maximum atomic E-state index is 13.6. The van der Waals surface area contributed by atoms with Gasteiger partial charge in [0, 0.05) is 53.6 Å². The molecule has 3 aromatic rings. The van der Waals surface area contributed by atoms with Crippen molar-refractivity contribution in [3.63, 3.8) is 0 Å². The first-order chi connectivity index (χ1) is 16.1. The molecule has 33 heavy (non-hydrogen) atoms. The van der Waals surface area contributed by atoms with Crippen LogP contribution in [0.4, 0.5) is 5.69 Å². The molecule has 0 bridgehead atoms. The number of para-hydroxylation sites is 1. The van der Waals surface area contributed by atoms with Crippen molar-refractivity contribution in [2.24, 2.45) is 0 Å². The summed E-state index contributed by atoms with van der Waals surface area (Å²) >= 11 is 6.19. The van der Waals surface area contributed by atoms with Crippen LogP contribution in [0.5, 0.6) is 11.5 Å². The first-order valence-corrected chi connectivity index (χ1v) is 11.5. The van der Waals surface area contributed by atoms with Crippen LogP contribution in [0.3, 0.4) is 0 Å². The first kappa shape index (κ1) is 23.1. The molecule has 4 rings (SSSR count). The number of ether oxygens (including phenoxy) is 2. The van der Waals surface area contributed by atoms with Crippen molar-refractivity contribution >= 4 is 23.2 Å². The number of likely N-dealkylation sites (tertiary alicyclic amines) is 1. The molecule has 5 nitrogen and oxygen atoms in total. The number of carbonyl (C=O) groups excluding carboxylic acids is 1. The number of nitrogens with zero attached hydrogens (tertiary/aromatic N) is 2. The van der Waals surface area contributed by atoms with Crippen molar-refractivity contribution in [2.75, 3.05) is 32.2 Å². The molecule has 1 aliphatic rings. The summed E-state index contributed by atoms with van der Waals surface area (Å²) in [5, 5.41) is 0.554. The number of hydrogen-bond donors (Lipinski definition) is 0. The third-order valence-electron chi connectivity index (χ3n) is 6.13. The van der Waals surface area contributed by atoms with E-state index in [4.69, 9.17) is 21.1 Å². The van der Waals surface area contributed by atoms with Gasteiger partial charge in [-0.2, -0.15) is 0 Å². The number of benzene rings is 3. The summed E-state index contributed by atoms with van der Waals surface area (Å²) < 4.78 is 10.9. The average Bonchev–Trinajstić information content (AvgIpc) is 2.85. The molecule has 0 radical (unpaired) electrons. The predicted molar refractivity (Wildman–Crippen MR) is 133 cm³/mol. The molecular formula is C27H29ClN2O3. The summed E-state index contributed by atoms with van der Waals surface area (Å²) in [5.74, 6) is 1.59. The predicted octanol–water partition coefficient (Wildman–Crippen LogP) is 5.67. The lowest BCUT2D eigenvalue weighted by molar-refractivity contribution is 0.0958. The third kappa shape index (κ3) is 5.49. The van der Waals surface area contributed by atoms with Gasteiger partial charge in [0.05, 0.1) is 14.2 Å². The molecule has 6 heteroatoms. The lowest BCUT2D eigenvalue weighted by Gasteiger charge is -2.39. The highest BCUT2D eigenvalue weighted by molar-refractivity contribution is 6.31. The van der Waals surface area contributed by atoms with E-state index in [2.05, 4.69) is 11.0 Å². The molecular weight excluding hydrogens is 436 g/mol. The second-order valence-electron chi connectivity index (χ2n) is 8.21. The van der Waals surface area contributed by atoms with Crippen LogP contribution in [0.1, 0.15) is 28.8 Å². The van der Waals surface area contributed by atoms with E-state index in [0.717, 1.165) is 49.7 Å². The van der Waals surface area contributed by atoms with Crippen molar-refractivity contribution in [3.05, 3.63) is 88.9 Å². The fourth-order valence-electron chi connectivity index (χ4n) is 4.42. The van der Waals surface area contributed by atoms with Gasteiger partial charge in [0.25, 0.3) is 5.91 Å². The van der Waals surface area contributed by atoms with Crippen LogP contribution in [0.2, 0.25) is 5.02 Å². The molecule has 3 aromatic carbocycles. The Kier molecular flexibility index (Phi) is 7.53. The molecule has 0 unspecified atom stereocenters. The number of carbonyl (C=O) groups is 1. The van der Waals surface area contributed by atoms with Crippen LogP contribution in [0.25, 0.3) is 0 Å². The number of anilines is 1. The van der Waals surface area contributed by atoms with Gasteiger partial charge in [-0.05, 0) is 49.2 Å². The molecule has 0 atom stereocenters. The van der Waals surface area contributed by atoms with Gasteiger partial charge in [-0.3, -0.25) is 9.69 Å². The monoisotopic (exact) mass is 464 g/mol. The van der Waals surface area contributed by atoms with Gasteiger partial charge >= 0.3 is 0 Å². The first-order valence-electron chi connectivity index (χ1n) is 11.2. The maximum Gasteiger partial charge on any atom is 0.258 e. The van der Waals surface area contributed by atoms with Crippen molar-refractivity contribution in [1.82, 2.24) is 4.90 Å². The summed E-state index contributed by atoms with van der Waals surface area (Å²) in [6.07, 6.45) is 1.75. The van der Waals surface area contributed by atoms with Gasteiger partial charge in [0.15, 0.2) is 0 Å². The van der Waals surface area contributed by atoms with E-state index in [1.54, 1.807) is 26.4 Å². The summed E-state index contributed by atoms with van der Waals surface area (Å²) in [6, 6.07) is 23.1. The molecule has 0 N–H and O–H groups in total. The van der Waals surface area contributed by atoms with Crippen LogP contribution >= 0.6 is 11.6 Å². The highest BCUT2D eigenvalue weighted by Crippen LogP contribution is 2.30. The lowest BCUT2D eigenvalue weighted by atomic mass is 10.00. The van der Waals surface area contributed by atoms with E-state index in [9.17, 15) is 4.79 Å². The number of piperidine rings is 1. The smallest absolute Gasteiger partial charge is 0.258 e. The topological polar surface area (TPSA) is 42.0 Å². The zero-order valence-corrected chi connectivity index (χ0v) is 19.8. The average molecular weight is 465 g/mol. The number of methoxy groups -OCH3 is 2. The van der Waals surface area contributed by atoms with Crippen LogP contribution < -0.4 is 14.4 Å². The normalized spacial score (nSPS) is 14.6. The van der Waals surface area contributed by atoms with Crippen LogP contribution in [-0.2, 0) is 6.54 Å². The Bertz CT molecular complexity index is 1100. The quantitative estimate of drug-likeness (QED) is 0.452. The van der Waals surface area contributed by atoms with Crippen molar-refractivity contribution in [2.45, 2.75) is 25.4 Å². The van der Waals surface area contributed by atoms with E-state index in [1.807, 2.05) is 59.5 Å². The third-order valence-corrected chi connectivity index (χ3v) is 6.37. The number of hydrogen-bond acceptors (Lipinski definition) is 4. The second kappa shape index (κ2) is 10.7. The molecule has 0 aromatic heterocycles. The van der Waals surface area contributed by atoms with E-state index >= 15 is 0 Å².